The van der Waals surface area contributed by atoms with Crippen molar-refractivity contribution in [2.24, 2.45) is 0 Å². The maximum Gasteiger partial charge on any atom is 0.410 e. The largest absolute Gasteiger partial charge is 0.444 e. The third-order valence-electron chi connectivity index (χ3n) is 5.91. The second kappa shape index (κ2) is 9.52. The normalized spacial score (nSPS) is 16.6. The number of amides is 2. The van der Waals surface area contributed by atoms with Gasteiger partial charge in [-0.15, -0.1) is 5.10 Å². The Morgan fingerprint density at radius 1 is 1.03 bits per heavy atom. The Morgan fingerprint density at radius 3 is 2.37 bits per heavy atom. The zero-order chi connectivity index (χ0) is 25.3. The molecule has 0 spiro atoms. The van der Waals surface area contributed by atoms with Gasteiger partial charge in [-0.25, -0.2) is 14.2 Å². The summed E-state index contributed by atoms with van der Waals surface area (Å²) in [4.78, 5) is 28.9. The van der Waals surface area contributed by atoms with Crippen LogP contribution in [0.2, 0.25) is 0 Å². The molecule has 0 unspecified atom stereocenters. The predicted molar refractivity (Wildman–Crippen MR) is 131 cm³/mol. The fourth-order valence-corrected chi connectivity index (χ4v) is 3.97. The van der Waals surface area contributed by atoms with E-state index in [1.54, 1.807) is 31.6 Å². The van der Waals surface area contributed by atoms with Crippen LogP contribution in [0.5, 0.6) is 0 Å². The Balaban J connectivity index is 1.41. The molecule has 0 N–H and O–H groups in total. The summed E-state index contributed by atoms with van der Waals surface area (Å²) in [6.45, 7) is 12.9. The van der Waals surface area contributed by atoms with Crippen molar-refractivity contribution in [1.82, 2.24) is 34.6 Å². The maximum absolute atomic E-state index is 13.1. The van der Waals surface area contributed by atoms with Crippen LogP contribution in [0.4, 0.5) is 4.79 Å². The van der Waals surface area contributed by atoms with Gasteiger partial charge in [0.15, 0.2) is 5.69 Å². The third kappa shape index (κ3) is 5.52. The van der Waals surface area contributed by atoms with Crippen molar-refractivity contribution in [3.63, 3.8) is 0 Å². The predicted octanol–water partition coefficient (Wildman–Crippen LogP) is 3.66. The lowest BCUT2D eigenvalue weighted by Crippen LogP contribution is -2.56. The average molecular weight is 480 g/mol. The SMILES string of the molecule is CC(C)c1ccc(-n2cc(-n3cc(C(=O)N4CCN(C(=O)OC(C)(C)C)[C@@H](C)C4)nn3)cn2)cc1. The van der Waals surface area contributed by atoms with E-state index in [0.29, 0.717) is 31.2 Å². The summed E-state index contributed by atoms with van der Waals surface area (Å²) in [5.41, 5.74) is 2.59. The first-order valence-corrected chi connectivity index (χ1v) is 11.9. The topological polar surface area (TPSA) is 98.4 Å². The fraction of sp³-hybridized carbons (Fsp3) is 0.480. The minimum Gasteiger partial charge on any atom is -0.444 e. The molecule has 4 rings (SSSR count). The Labute approximate surface area is 205 Å². The first kappa shape index (κ1) is 24.4. The summed E-state index contributed by atoms with van der Waals surface area (Å²) in [5, 5.41) is 12.6. The highest BCUT2D eigenvalue weighted by Gasteiger charge is 2.33. The van der Waals surface area contributed by atoms with Crippen LogP contribution >= 0.6 is 0 Å². The summed E-state index contributed by atoms with van der Waals surface area (Å²) < 4.78 is 8.79. The Kier molecular flexibility index (Phi) is 6.64. The molecule has 10 nitrogen and oxygen atoms in total. The molecule has 0 radical (unpaired) electrons. The Morgan fingerprint density at radius 2 is 1.74 bits per heavy atom. The molecule has 1 atom stereocenters. The van der Waals surface area contributed by atoms with Crippen molar-refractivity contribution in [2.45, 2.75) is 59.1 Å². The van der Waals surface area contributed by atoms with E-state index in [9.17, 15) is 9.59 Å². The number of aromatic nitrogens is 5. The summed E-state index contributed by atoms with van der Waals surface area (Å²) >= 11 is 0. The van der Waals surface area contributed by atoms with Crippen molar-refractivity contribution >= 4 is 12.0 Å². The van der Waals surface area contributed by atoms with Crippen molar-refractivity contribution in [3.05, 3.63) is 54.1 Å². The van der Waals surface area contributed by atoms with Crippen LogP contribution in [0, 0.1) is 0 Å². The summed E-state index contributed by atoms with van der Waals surface area (Å²) in [6.07, 6.45) is 4.77. The lowest BCUT2D eigenvalue weighted by molar-refractivity contribution is 0.00190. The van der Waals surface area contributed by atoms with Crippen molar-refractivity contribution in [2.75, 3.05) is 19.6 Å². The van der Waals surface area contributed by atoms with Gasteiger partial charge < -0.3 is 14.5 Å². The van der Waals surface area contributed by atoms with Gasteiger partial charge in [0.25, 0.3) is 5.91 Å². The van der Waals surface area contributed by atoms with Crippen molar-refractivity contribution in [1.29, 1.82) is 0 Å². The molecular weight excluding hydrogens is 446 g/mol. The number of piperazine rings is 1. The van der Waals surface area contributed by atoms with E-state index in [-0.39, 0.29) is 23.7 Å². The second-order valence-electron chi connectivity index (χ2n) is 10.2. The van der Waals surface area contributed by atoms with Gasteiger partial charge in [-0.05, 0) is 51.3 Å². The molecule has 1 aliphatic rings. The van der Waals surface area contributed by atoms with E-state index in [4.69, 9.17) is 4.74 Å². The summed E-state index contributed by atoms with van der Waals surface area (Å²) in [6, 6.07) is 8.08. The first-order valence-electron chi connectivity index (χ1n) is 11.9. The number of rotatable bonds is 4. The molecule has 0 aliphatic carbocycles. The van der Waals surface area contributed by atoms with Gasteiger partial charge in [-0.2, -0.15) is 5.10 Å². The standard InChI is InChI=1S/C25H33N7O3/c1-17(2)19-7-9-20(10-8-19)31-15-21(13-26-31)32-16-22(27-28-32)23(33)29-11-12-30(18(3)14-29)24(34)35-25(4,5)6/h7-10,13,15-18H,11-12,14H2,1-6H3/t18-/m0/s1. The lowest BCUT2D eigenvalue weighted by atomic mass is 10.0. The smallest absolute Gasteiger partial charge is 0.410 e. The molecule has 1 fully saturated rings. The van der Waals surface area contributed by atoms with Gasteiger partial charge in [0, 0.05) is 25.7 Å². The van der Waals surface area contributed by atoms with E-state index in [2.05, 4.69) is 41.4 Å². The molecular formula is C25H33N7O3. The highest BCUT2D eigenvalue weighted by molar-refractivity contribution is 5.92. The highest BCUT2D eigenvalue weighted by atomic mass is 16.6. The molecule has 2 amide bonds. The van der Waals surface area contributed by atoms with Crippen molar-refractivity contribution < 1.29 is 14.3 Å². The molecule has 1 saturated heterocycles. The summed E-state index contributed by atoms with van der Waals surface area (Å²) in [5.74, 6) is 0.246. The number of carbonyl (C=O) groups excluding carboxylic acids is 2. The van der Waals surface area contributed by atoms with Crippen LogP contribution in [-0.4, -0.2) is 77.9 Å². The average Bonchev–Trinajstić information content (AvgIpc) is 3.47. The van der Waals surface area contributed by atoms with E-state index in [1.807, 2.05) is 46.0 Å². The zero-order valence-corrected chi connectivity index (χ0v) is 21.2. The van der Waals surface area contributed by atoms with Gasteiger partial charge in [0.2, 0.25) is 0 Å². The van der Waals surface area contributed by atoms with Crippen LogP contribution in [0.15, 0.2) is 42.9 Å². The number of carbonyl (C=O) groups is 2. The van der Waals surface area contributed by atoms with E-state index in [0.717, 1.165) is 5.69 Å². The van der Waals surface area contributed by atoms with E-state index >= 15 is 0 Å². The van der Waals surface area contributed by atoms with Crippen LogP contribution in [0.25, 0.3) is 11.4 Å². The highest BCUT2D eigenvalue weighted by Crippen LogP contribution is 2.19. The van der Waals surface area contributed by atoms with E-state index < -0.39 is 5.60 Å². The van der Waals surface area contributed by atoms with E-state index in [1.165, 1.54) is 5.56 Å². The molecule has 1 aliphatic heterocycles. The van der Waals surface area contributed by atoms with Gasteiger partial charge in [0.1, 0.15) is 11.3 Å². The summed E-state index contributed by atoms with van der Waals surface area (Å²) in [7, 11) is 0. The second-order valence-corrected chi connectivity index (χ2v) is 10.2. The molecule has 1 aromatic carbocycles. The molecule has 2 aromatic heterocycles. The third-order valence-corrected chi connectivity index (χ3v) is 5.91. The first-order chi connectivity index (χ1) is 16.5. The van der Waals surface area contributed by atoms with Gasteiger partial charge in [-0.3, -0.25) is 4.79 Å². The minimum absolute atomic E-state index is 0.169. The lowest BCUT2D eigenvalue weighted by Gasteiger charge is -2.39. The van der Waals surface area contributed by atoms with Crippen LogP contribution in [0.3, 0.4) is 0 Å². The Hall–Kier alpha value is -3.69. The van der Waals surface area contributed by atoms with Gasteiger partial charge in [0.05, 0.1) is 24.3 Å². The van der Waals surface area contributed by atoms with Gasteiger partial charge in [-0.1, -0.05) is 31.2 Å². The quantitative estimate of drug-likeness (QED) is 0.566. The monoisotopic (exact) mass is 479 g/mol. The molecule has 35 heavy (non-hydrogen) atoms. The molecule has 186 valence electrons. The zero-order valence-electron chi connectivity index (χ0n) is 21.2. The van der Waals surface area contributed by atoms with Crippen molar-refractivity contribution in [3.8, 4) is 11.4 Å². The minimum atomic E-state index is -0.562. The molecule has 0 bridgehead atoms. The van der Waals surface area contributed by atoms with Crippen LogP contribution < -0.4 is 0 Å². The number of ether oxygens (including phenoxy) is 1. The number of benzene rings is 1. The fourth-order valence-electron chi connectivity index (χ4n) is 3.97. The van der Waals surface area contributed by atoms with Gasteiger partial charge >= 0.3 is 6.09 Å². The van der Waals surface area contributed by atoms with Crippen LogP contribution in [-0.2, 0) is 4.74 Å². The molecule has 0 saturated carbocycles. The molecule has 3 aromatic rings. The van der Waals surface area contributed by atoms with Crippen LogP contribution in [0.1, 0.15) is 63.5 Å². The number of hydrogen-bond acceptors (Lipinski definition) is 6. The molecule has 10 heteroatoms. The Bertz CT molecular complexity index is 1190. The number of hydrogen-bond donors (Lipinski definition) is 0. The maximum atomic E-state index is 13.1. The molecule has 3 heterocycles. The number of nitrogens with zero attached hydrogens (tertiary/aromatic N) is 7.